The van der Waals surface area contributed by atoms with Gasteiger partial charge >= 0.3 is 0 Å². The summed E-state index contributed by atoms with van der Waals surface area (Å²) in [4.78, 5) is 0. The van der Waals surface area contributed by atoms with Crippen LogP contribution in [0, 0.1) is 29.4 Å². The van der Waals surface area contributed by atoms with Gasteiger partial charge in [-0.2, -0.15) is 0 Å². The van der Waals surface area contributed by atoms with Crippen LogP contribution in [0.5, 0.6) is 0 Å². The minimum absolute atomic E-state index is 0.341. The van der Waals surface area contributed by atoms with E-state index in [1.165, 1.54) is 50.7 Å². The van der Waals surface area contributed by atoms with Crippen LogP contribution in [0.25, 0.3) is 0 Å². The summed E-state index contributed by atoms with van der Waals surface area (Å²) in [6.45, 7) is 2.22. The molecule has 0 radical (unpaired) electrons. The standard InChI is InChI=1S/C21H28F2/c1-2-3-4-5-15-6-7-17-11-18(9-8-16(17)10-15)19-12-20(22)14-21(23)13-19/h4-5,12-18H,2-3,6-11H2,1H3/t15-,16-,17-,18?/m1/s1. The Kier molecular flexibility index (Phi) is 5.50. The Morgan fingerprint density at radius 3 is 2.39 bits per heavy atom. The summed E-state index contributed by atoms with van der Waals surface area (Å²) in [6.07, 6.45) is 14.5. The summed E-state index contributed by atoms with van der Waals surface area (Å²) in [5.74, 6) is 1.78. The summed E-state index contributed by atoms with van der Waals surface area (Å²) in [6, 6.07) is 4.04. The molecule has 1 aromatic rings. The first-order valence-electron chi connectivity index (χ1n) is 9.28. The lowest BCUT2D eigenvalue weighted by atomic mass is 9.64. The Labute approximate surface area is 139 Å². The van der Waals surface area contributed by atoms with Gasteiger partial charge in [0.25, 0.3) is 0 Å². The van der Waals surface area contributed by atoms with Crippen LogP contribution >= 0.6 is 0 Å². The lowest BCUT2D eigenvalue weighted by Crippen LogP contribution is -2.30. The number of rotatable bonds is 4. The SMILES string of the molecule is CCCC=C[C@@H]1CC[C@@H]2CC(c3cc(F)cc(F)c3)CC[C@@H]2C1. The lowest BCUT2D eigenvalue weighted by molar-refractivity contribution is 0.133. The number of hydrogen-bond donors (Lipinski definition) is 0. The maximum atomic E-state index is 13.5. The molecule has 1 unspecified atom stereocenters. The summed E-state index contributed by atoms with van der Waals surface area (Å²) in [5.41, 5.74) is 0.867. The lowest BCUT2D eigenvalue weighted by Gasteiger charge is -2.41. The van der Waals surface area contributed by atoms with Crippen LogP contribution in [-0.4, -0.2) is 0 Å². The van der Waals surface area contributed by atoms with Crippen molar-refractivity contribution in [2.45, 2.75) is 64.2 Å². The quantitative estimate of drug-likeness (QED) is 0.547. The third-order valence-electron chi connectivity index (χ3n) is 5.87. The van der Waals surface area contributed by atoms with Crippen molar-refractivity contribution in [3.63, 3.8) is 0 Å². The molecule has 126 valence electrons. The highest BCUT2D eigenvalue weighted by atomic mass is 19.1. The van der Waals surface area contributed by atoms with Crippen molar-refractivity contribution < 1.29 is 8.78 Å². The molecule has 0 bridgehead atoms. The number of allylic oxidation sites excluding steroid dienone is 2. The van der Waals surface area contributed by atoms with E-state index in [9.17, 15) is 8.78 Å². The summed E-state index contributed by atoms with van der Waals surface area (Å²) in [7, 11) is 0. The molecular weight excluding hydrogens is 290 g/mol. The Bertz CT molecular complexity index is 529. The minimum Gasteiger partial charge on any atom is -0.207 e. The molecule has 1 aromatic carbocycles. The molecule has 0 aromatic heterocycles. The maximum absolute atomic E-state index is 13.5. The van der Waals surface area contributed by atoms with Gasteiger partial charge in [0.15, 0.2) is 0 Å². The van der Waals surface area contributed by atoms with Gasteiger partial charge in [-0.1, -0.05) is 25.5 Å². The van der Waals surface area contributed by atoms with E-state index in [1.807, 2.05) is 0 Å². The molecule has 0 aliphatic heterocycles. The molecule has 2 heteroatoms. The largest absolute Gasteiger partial charge is 0.207 e. The van der Waals surface area contributed by atoms with Gasteiger partial charge in [-0.25, -0.2) is 8.78 Å². The third-order valence-corrected chi connectivity index (χ3v) is 5.87. The molecule has 2 aliphatic rings. The second kappa shape index (κ2) is 7.59. The first-order chi connectivity index (χ1) is 11.2. The van der Waals surface area contributed by atoms with Crippen molar-refractivity contribution in [1.29, 1.82) is 0 Å². The van der Waals surface area contributed by atoms with E-state index in [2.05, 4.69) is 19.1 Å². The van der Waals surface area contributed by atoms with Crippen molar-refractivity contribution in [2.24, 2.45) is 17.8 Å². The molecule has 0 heterocycles. The Hall–Kier alpha value is -1.18. The minimum atomic E-state index is -0.438. The Balaban J connectivity index is 1.60. The molecule has 0 N–H and O–H groups in total. The van der Waals surface area contributed by atoms with Crippen molar-refractivity contribution >= 4 is 0 Å². The van der Waals surface area contributed by atoms with E-state index in [0.717, 1.165) is 42.2 Å². The van der Waals surface area contributed by atoms with Crippen molar-refractivity contribution in [2.75, 3.05) is 0 Å². The van der Waals surface area contributed by atoms with Gasteiger partial charge in [0, 0.05) is 6.07 Å². The zero-order valence-corrected chi connectivity index (χ0v) is 14.1. The second-order valence-electron chi connectivity index (χ2n) is 7.52. The van der Waals surface area contributed by atoms with Crippen LogP contribution in [0.4, 0.5) is 8.78 Å². The number of fused-ring (bicyclic) bond motifs is 1. The number of halogens is 2. The average Bonchev–Trinajstić information content (AvgIpc) is 2.53. The van der Waals surface area contributed by atoms with Gasteiger partial charge in [0.1, 0.15) is 11.6 Å². The Morgan fingerprint density at radius 1 is 0.957 bits per heavy atom. The average molecular weight is 318 g/mol. The van der Waals surface area contributed by atoms with Crippen LogP contribution < -0.4 is 0 Å². The predicted octanol–water partition coefficient (Wildman–Crippen LogP) is 6.62. The van der Waals surface area contributed by atoms with Crippen molar-refractivity contribution in [3.8, 4) is 0 Å². The fraction of sp³-hybridized carbons (Fsp3) is 0.619. The molecule has 4 atom stereocenters. The fourth-order valence-corrected chi connectivity index (χ4v) is 4.67. The van der Waals surface area contributed by atoms with E-state index in [-0.39, 0.29) is 0 Å². The zero-order chi connectivity index (χ0) is 16.2. The monoisotopic (exact) mass is 318 g/mol. The summed E-state index contributed by atoms with van der Waals surface area (Å²) < 4.78 is 26.9. The van der Waals surface area contributed by atoms with Crippen molar-refractivity contribution in [1.82, 2.24) is 0 Å². The van der Waals surface area contributed by atoms with E-state index in [4.69, 9.17) is 0 Å². The number of benzene rings is 1. The molecule has 3 rings (SSSR count). The highest BCUT2D eigenvalue weighted by Crippen LogP contribution is 2.47. The van der Waals surface area contributed by atoms with Crippen LogP contribution in [0.15, 0.2) is 30.4 Å². The van der Waals surface area contributed by atoms with Gasteiger partial charge in [-0.05, 0) is 86.3 Å². The molecule has 0 saturated heterocycles. The van der Waals surface area contributed by atoms with Gasteiger partial charge in [0.05, 0.1) is 0 Å². The molecule has 2 fully saturated rings. The van der Waals surface area contributed by atoms with E-state index >= 15 is 0 Å². The molecule has 23 heavy (non-hydrogen) atoms. The molecule has 0 nitrogen and oxygen atoms in total. The van der Waals surface area contributed by atoms with Gasteiger partial charge in [-0.15, -0.1) is 0 Å². The second-order valence-corrected chi connectivity index (χ2v) is 7.52. The molecular formula is C21H28F2. The fourth-order valence-electron chi connectivity index (χ4n) is 4.67. The normalized spacial score (nSPS) is 31.3. The smallest absolute Gasteiger partial charge is 0.126 e. The van der Waals surface area contributed by atoms with E-state index in [1.54, 1.807) is 0 Å². The molecule has 2 saturated carbocycles. The number of unbranched alkanes of at least 4 members (excludes halogenated alkanes) is 1. The van der Waals surface area contributed by atoms with Crippen molar-refractivity contribution in [3.05, 3.63) is 47.5 Å². The van der Waals surface area contributed by atoms with Crippen LogP contribution in [-0.2, 0) is 0 Å². The maximum Gasteiger partial charge on any atom is 0.126 e. The van der Waals surface area contributed by atoms with Gasteiger partial charge in [-0.3, -0.25) is 0 Å². The number of hydrogen-bond acceptors (Lipinski definition) is 0. The summed E-state index contributed by atoms with van der Waals surface area (Å²) in [5, 5.41) is 0. The van der Waals surface area contributed by atoms with Gasteiger partial charge < -0.3 is 0 Å². The predicted molar refractivity (Wildman–Crippen MR) is 91.3 cm³/mol. The van der Waals surface area contributed by atoms with Gasteiger partial charge in [0.2, 0.25) is 0 Å². The molecule has 2 aliphatic carbocycles. The molecule has 0 spiro atoms. The zero-order valence-electron chi connectivity index (χ0n) is 14.1. The highest BCUT2D eigenvalue weighted by molar-refractivity contribution is 5.22. The first kappa shape index (κ1) is 16.7. The summed E-state index contributed by atoms with van der Waals surface area (Å²) >= 11 is 0. The van der Waals surface area contributed by atoms with Crippen LogP contribution in [0.2, 0.25) is 0 Å². The third kappa shape index (κ3) is 4.22. The Morgan fingerprint density at radius 2 is 1.65 bits per heavy atom. The van der Waals surface area contributed by atoms with E-state index in [0.29, 0.717) is 5.92 Å². The molecule has 0 amide bonds. The van der Waals surface area contributed by atoms with E-state index < -0.39 is 11.6 Å². The topological polar surface area (TPSA) is 0 Å². The van der Waals surface area contributed by atoms with Crippen LogP contribution in [0.1, 0.15) is 69.8 Å². The first-order valence-corrected chi connectivity index (χ1v) is 9.28. The van der Waals surface area contributed by atoms with Crippen LogP contribution in [0.3, 0.4) is 0 Å². The highest BCUT2D eigenvalue weighted by Gasteiger charge is 2.35.